The highest BCUT2D eigenvalue weighted by Crippen LogP contribution is 2.43. The minimum absolute atomic E-state index is 0.119. The highest BCUT2D eigenvalue weighted by Gasteiger charge is 2.43. The number of rotatable bonds is 4. The zero-order chi connectivity index (χ0) is 20.8. The first-order valence-electron chi connectivity index (χ1n) is 11.1. The van der Waals surface area contributed by atoms with Crippen LogP contribution in [-0.4, -0.2) is 31.8 Å². The lowest BCUT2D eigenvalue weighted by molar-refractivity contribution is -0.134. The van der Waals surface area contributed by atoms with Gasteiger partial charge >= 0.3 is 0 Å². The largest absolute Gasteiger partial charge is 0.361 e. The van der Waals surface area contributed by atoms with Crippen LogP contribution < -0.4 is 0 Å². The van der Waals surface area contributed by atoms with Gasteiger partial charge in [0.05, 0.1) is 11.7 Å². The van der Waals surface area contributed by atoms with Crippen LogP contribution in [0.1, 0.15) is 42.1 Å². The summed E-state index contributed by atoms with van der Waals surface area (Å²) in [5.41, 5.74) is 5.62. The van der Waals surface area contributed by atoms with Crippen LogP contribution in [-0.2, 0) is 17.6 Å². The lowest BCUT2D eigenvalue weighted by Crippen LogP contribution is -2.42. The van der Waals surface area contributed by atoms with Gasteiger partial charge in [-0.2, -0.15) is 0 Å². The van der Waals surface area contributed by atoms with Crippen LogP contribution in [0.4, 0.5) is 0 Å². The van der Waals surface area contributed by atoms with Crippen LogP contribution in [0.2, 0.25) is 0 Å². The molecule has 0 spiro atoms. The molecule has 5 heteroatoms. The maximum atomic E-state index is 13.3. The second-order valence-electron chi connectivity index (χ2n) is 8.57. The number of carbonyl (C=O) groups excluding carboxylic acids is 1. The van der Waals surface area contributed by atoms with Crippen LogP contribution in [0.3, 0.4) is 0 Å². The van der Waals surface area contributed by atoms with E-state index in [9.17, 15) is 4.79 Å². The van der Waals surface area contributed by atoms with E-state index in [4.69, 9.17) is 4.98 Å². The summed E-state index contributed by atoms with van der Waals surface area (Å²) in [5.74, 6) is 1.02. The summed E-state index contributed by atoms with van der Waals surface area (Å²) in [4.78, 5) is 28.2. The molecule has 2 aromatic heterocycles. The van der Waals surface area contributed by atoms with Crippen molar-refractivity contribution in [1.82, 2.24) is 19.9 Å². The first-order chi connectivity index (χ1) is 15.3. The summed E-state index contributed by atoms with van der Waals surface area (Å²) in [6.45, 7) is 0. The summed E-state index contributed by atoms with van der Waals surface area (Å²) in [6, 6.07) is 18.8. The number of hydrogen-bond donors (Lipinski definition) is 1. The average molecular weight is 409 g/mol. The van der Waals surface area contributed by atoms with Gasteiger partial charge in [0, 0.05) is 53.3 Å². The lowest BCUT2D eigenvalue weighted by atomic mass is 9.97. The van der Waals surface area contributed by atoms with E-state index in [1.807, 2.05) is 54.9 Å². The van der Waals surface area contributed by atoms with Crippen LogP contribution in [0.15, 0.2) is 67.0 Å². The Bertz CT molecular complexity index is 1260. The van der Waals surface area contributed by atoms with E-state index >= 15 is 0 Å². The fourth-order valence-electron chi connectivity index (χ4n) is 5.29. The standard InChI is InChI=1S/C26H24N4O/c31-25(13-10-18-15-27-22-9-5-4-8-20(18)22)30-19-11-12-24(30)21-16-28-26(29-23(21)14-19)17-6-2-1-3-7-17/h1-9,15-16,19,24,27H,10-14H2/t19-,24+/m0/s1. The number of para-hydroxylation sites is 1. The van der Waals surface area contributed by atoms with Gasteiger partial charge in [-0.05, 0) is 30.9 Å². The van der Waals surface area contributed by atoms with Gasteiger partial charge < -0.3 is 9.88 Å². The van der Waals surface area contributed by atoms with E-state index in [1.54, 1.807) is 0 Å². The fraction of sp³-hybridized carbons (Fsp3) is 0.269. The minimum Gasteiger partial charge on any atom is -0.361 e. The molecule has 31 heavy (non-hydrogen) atoms. The van der Waals surface area contributed by atoms with Crippen molar-refractivity contribution in [2.24, 2.45) is 0 Å². The number of fused-ring (bicyclic) bond motifs is 5. The van der Waals surface area contributed by atoms with Gasteiger partial charge in [-0.1, -0.05) is 48.5 Å². The number of H-pyrrole nitrogens is 1. The smallest absolute Gasteiger partial charge is 0.223 e. The molecule has 0 aliphatic carbocycles. The van der Waals surface area contributed by atoms with Gasteiger partial charge in [0.2, 0.25) is 5.91 Å². The number of nitrogens with one attached hydrogen (secondary N) is 1. The Balaban J connectivity index is 1.22. The van der Waals surface area contributed by atoms with Crippen molar-refractivity contribution < 1.29 is 4.79 Å². The Morgan fingerprint density at radius 3 is 2.81 bits per heavy atom. The van der Waals surface area contributed by atoms with Gasteiger partial charge in [-0.15, -0.1) is 0 Å². The molecule has 2 atom stereocenters. The summed E-state index contributed by atoms with van der Waals surface area (Å²) in [5, 5.41) is 1.21. The monoisotopic (exact) mass is 408 g/mol. The van der Waals surface area contributed by atoms with Gasteiger partial charge in [0.1, 0.15) is 0 Å². The molecule has 6 rings (SSSR count). The molecule has 2 aromatic carbocycles. The Labute approximate surface area is 181 Å². The Kier molecular flexibility index (Phi) is 4.34. The van der Waals surface area contributed by atoms with Crippen LogP contribution >= 0.6 is 0 Å². The number of aromatic nitrogens is 3. The van der Waals surface area contributed by atoms with Crippen molar-refractivity contribution in [3.63, 3.8) is 0 Å². The lowest BCUT2D eigenvalue weighted by Gasteiger charge is -2.36. The molecular formula is C26H24N4O. The second-order valence-corrected chi connectivity index (χ2v) is 8.57. The summed E-state index contributed by atoms with van der Waals surface area (Å²) in [6.07, 6.45) is 8.16. The first kappa shape index (κ1) is 18.3. The first-order valence-corrected chi connectivity index (χ1v) is 11.1. The van der Waals surface area contributed by atoms with Gasteiger partial charge in [0.15, 0.2) is 5.82 Å². The van der Waals surface area contributed by atoms with Crippen LogP contribution in [0, 0.1) is 0 Å². The molecule has 0 unspecified atom stereocenters. The normalized spacial score (nSPS) is 19.5. The third-order valence-electron chi connectivity index (χ3n) is 6.79. The average Bonchev–Trinajstić information content (AvgIpc) is 3.38. The molecule has 2 bridgehead atoms. The van der Waals surface area contributed by atoms with E-state index in [0.717, 1.165) is 53.8 Å². The van der Waals surface area contributed by atoms with E-state index < -0.39 is 0 Å². The number of benzene rings is 2. The minimum atomic E-state index is 0.119. The second kappa shape index (κ2) is 7.34. The molecule has 1 saturated heterocycles. The summed E-state index contributed by atoms with van der Waals surface area (Å²) >= 11 is 0. The Hall–Kier alpha value is -3.47. The number of aryl methyl sites for hydroxylation is 1. The van der Waals surface area contributed by atoms with Crippen molar-refractivity contribution in [3.8, 4) is 11.4 Å². The summed E-state index contributed by atoms with van der Waals surface area (Å²) < 4.78 is 0. The third kappa shape index (κ3) is 3.12. The maximum absolute atomic E-state index is 13.3. The van der Waals surface area contributed by atoms with Crippen molar-refractivity contribution in [2.45, 2.75) is 44.2 Å². The van der Waals surface area contributed by atoms with E-state index in [0.29, 0.717) is 6.42 Å². The van der Waals surface area contributed by atoms with Crippen LogP contribution in [0.25, 0.3) is 22.3 Å². The van der Waals surface area contributed by atoms with Crippen molar-refractivity contribution in [2.75, 3.05) is 0 Å². The quantitative estimate of drug-likeness (QED) is 0.525. The highest BCUT2D eigenvalue weighted by molar-refractivity contribution is 5.84. The maximum Gasteiger partial charge on any atom is 0.223 e. The molecule has 1 amide bonds. The zero-order valence-corrected chi connectivity index (χ0v) is 17.3. The van der Waals surface area contributed by atoms with Gasteiger partial charge in [-0.3, -0.25) is 4.79 Å². The van der Waals surface area contributed by atoms with Gasteiger partial charge in [0.25, 0.3) is 0 Å². The predicted octanol–water partition coefficient (Wildman–Crippen LogP) is 4.85. The Morgan fingerprint density at radius 1 is 1.06 bits per heavy atom. The molecule has 2 aliphatic rings. The molecule has 1 fully saturated rings. The SMILES string of the molecule is O=C(CCc1c[nH]c2ccccc12)N1[C@H]2CC[C@@H]1c1cnc(-c3ccccc3)nc1C2. The molecule has 2 aliphatic heterocycles. The third-order valence-corrected chi connectivity index (χ3v) is 6.79. The fourth-order valence-corrected chi connectivity index (χ4v) is 5.29. The van der Waals surface area contributed by atoms with Gasteiger partial charge in [-0.25, -0.2) is 9.97 Å². The van der Waals surface area contributed by atoms with E-state index in [-0.39, 0.29) is 18.0 Å². The van der Waals surface area contributed by atoms with Crippen molar-refractivity contribution in [3.05, 3.63) is 83.8 Å². The molecule has 4 heterocycles. The highest BCUT2D eigenvalue weighted by atomic mass is 16.2. The number of nitrogens with zero attached hydrogens (tertiary/aromatic N) is 3. The van der Waals surface area contributed by atoms with E-state index in [1.165, 1.54) is 10.9 Å². The topological polar surface area (TPSA) is 61.9 Å². The molecule has 154 valence electrons. The van der Waals surface area contributed by atoms with E-state index in [2.05, 4.69) is 27.0 Å². The molecule has 1 N–H and O–H groups in total. The number of carbonyl (C=O) groups is 1. The predicted molar refractivity (Wildman–Crippen MR) is 120 cm³/mol. The Morgan fingerprint density at radius 2 is 1.90 bits per heavy atom. The molecule has 5 nitrogen and oxygen atoms in total. The van der Waals surface area contributed by atoms with Crippen molar-refractivity contribution >= 4 is 16.8 Å². The summed E-state index contributed by atoms with van der Waals surface area (Å²) in [7, 11) is 0. The number of amides is 1. The molecule has 0 radical (unpaired) electrons. The zero-order valence-electron chi connectivity index (χ0n) is 17.3. The number of aromatic amines is 1. The molecule has 4 aromatic rings. The molecule has 0 saturated carbocycles. The molecular weight excluding hydrogens is 384 g/mol. The number of hydrogen-bond acceptors (Lipinski definition) is 3. The van der Waals surface area contributed by atoms with Crippen LogP contribution in [0.5, 0.6) is 0 Å². The van der Waals surface area contributed by atoms with Crippen molar-refractivity contribution in [1.29, 1.82) is 0 Å².